The van der Waals surface area contributed by atoms with Crippen molar-refractivity contribution in [2.24, 2.45) is 5.41 Å². The zero-order valence-electron chi connectivity index (χ0n) is 15.1. The number of anilines is 2. The van der Waals surface area contributed by atoms with Crippen LogP contribution in [0.1, 0.15) is 31.1 Å². The van der Waals surface area contributed by atoms with Crippen molar-refractivity contribution in [1.29, 1.82) is 0 Å². The van der Waals surface area contributed by atoms with E-state index >= 15 is 0 Å². The molecule has 2 amide bonds. The van der Waals surface area contributed by atoms with Gasteiger partial charge < -0.3 is 16.0 Å². The van der Waals surface area contributed by atoms with E-state index in [1.54, 1.807) is 36.4 Å². The van der Waals surface area contributed by atoms with Crippen LogP contribution in [0.2, 0.25) is 5.02 Å². The number of pyridine rings is 1. The third-order valence-electron chi connectivity index (χ3n) is 3.51. The van der Waals surface area contributed by atoms with Gasteiger partial charge in [-0.3, -0.25) is 9.59 Å². The summed E-state index contributed by atoms with van der Waals surface area (Å²) in [5.41, 5.74) is 0.659. The molecule has 0 aliphatic carbocycles. The quantitative estimate of drug-likeness (QED) is 0.675. The molecule has 0 aliphatic heterocycles. The van der Waals surface area contributed by atoms with Gasteiger partial charge in [0, 0.05) is 35.4 Å². The van der Waals surface area contributed by atoms with Crippen molar-refractivity contribution in [2.75, 3.05) is 23.7 Å². The van der Waals surface area contributed by atoms with Gasteiger partial charge in [-0.25, -0.2) is 4.98 Å². The number of amides is 2. The summed E-state index contributed by atoms with van der Waals surface area (Å²) in [6.07, 6.45) is 1.50. The van der Waals surface area contributed by atoms with E-state index in [1.165, 1.54) is 6.20 Å². The average Bonchev–Trinajstić information content (AvgIpc) is 2.58. The van der Waals surface area contributed by atoms with E-state index in [4.69, 9.17) is 11.6 Å². The summed E-state index contributed by atoms with van der Waals surface area (Å²) in [5.74, 6) is 0.373. The van der Waals surface area contributed by atoms with Crippen LogP contribution in [0.15, 0.2) is 42.6 Å². The molecule has 0 radical (unpaired) electrons. The molecule has 0 fully saturated rings. The summed E-state index contributed by atoms with van der Waals surface area (Å²) in [6, 6.07) is 10.3. The molecule has 2 aromatic rings. The van der Waals surface area contributed by atoms with Gasteiger partial charge in [0.25, 0.3) is 5.91 Å². The first kappa shape index (κ1) is 19.7. The van der Waals surface area contributed by atoms with E-state index in [-0.39, 0.29) is 11.8 Å². The minimum Gasteiger partial charge on any atom is -0.368 e. The summed E-state index contributed by atoms with van der Waals surface area (Å²) in [4.78, 5) is 28.2. The predicted octanol–water partition coefficient (Wildman–Crippen LogP) is 3.56. The number of hydrogen-bond acceptors (Lipinski definition) is 4. The Labute approximate surface area is 158 Å². The van der Waals surface area contributed by atoms with E-state index in [9.17, 15) is 9.59 Å². The van der Waals surface area contributed by atoms with Gasteiger partial charge in [0.05, 0.1) is 5.56 Å². The van der Waals surface area contributed by atoms with Crippen LogP contribution in [0.3, 0.4) is 0 Å². The first-order chi connectivity index (χ1) is 12.3. The van der Waals surface area contributed by atoms with E-state index in [1.807, 2.05) is 20.8 Å². The lowest BCUT2D eigenvalue weighted by molar-refractivity contribution is -0.128. The van der Waals surface area contributed by atoms with Crippen molar-refractivity contribution in [3.05, 3.63) is 53.2 Å². The molecule has 0 aliphatic rings. The molecule has 0 spiro atoms. The average molecular weight is 375 g/mol. The second-order valence-corrected chi connectivity index (χ2v) is 7.27. The van der Waals surface area contributed by atoms with E-state index in [0.717, 1.165) is 0 Å². The maximum Gasteiger partial charge on any atom is 0.257 e. The Hall–Kier alpha value is -2.60. The second kappa shape index (κ2) is 8.67. The number of halogens is 1. The smallest absolute Gasteiger partial charge is 0.257 e. The molecule has 0 bridgehead atoms. The van der Waals surface area contributed by atoms with E-state index in [2.05, 4.69) is 20.9 Å². The lowest BCUT2D eigenvalue weighted by Gasteiger charge is -2.17. The van der Waals surface area contributed by atoms with Gasteiger partial charge in [0.15, 0.2) is 0 Å². The summed E-state index contributed by atoms with van der Waals surface area (Å²) >= 11 is 5.90. The van der Waals surface area contributed by atoms with Crippen molar-refractivity contribution in [1.82, 2.24) is 10.3 Å². The van der Waals surface area contributed by atoms with Gasteiger partial charge in [0.2, 0.25) is 5.91 Å². The van der Waals surface area contributed by atoms with Gasteiger partial charge in [-0.05, 0) is 30.3 Å². The van der Waals surface area contributed by atoms with Crippen LogP contribution >= 0.6 is 11.6 Å². The van der Waals surface area contributed by atoms with Gasteiger partial charge >= 0.3 is 0 Å². The molecular formula is C19H23ClN4O2. The zero-order valence-corrected chi connectivity index (χ0v) is 15.9. The Morgan fingerprint density at radius 1 is 1.12 bits per heavy atom. The number of carbonyl (C=O) groups excluding carboxylic acids is 2. The first-order valence-corrected chi connectivity index (χ1v) is 8.68. The molecule has 6 nitrogen and oxygen atoms in total. The zero-order chi connectivity index (χ0) is 19.2. The molecule has 3 N–H and O–H groups in total. The summed E-state index contributed by atoms with van der Waals surface area (Å²) < 4.78 is 0. The Bertz CT molecular complexity index is 770. The summed E-state index contributed by atoms with van der Waals surface area (Å²) in [5, 5.41) is 9.27. The molecule has 2 rings (SSSR count). The van der Waals surface area contributed by atoms with Crippen molar-refractivity contribution in [3.63, 3.8) is 0 Å². The van der Waals surface area contributed by atoms with Crippen molar-refractivity contribution in [3.8, 4) is 0 Å². The summed E-state index contributed by atoms with van der Waals surface area (Å²) in [7, 11) is 0. The van der Waals surface area contributed by atoms with Crippen molar-refractivity contribution < 1.29 is 9.59 Å². The van der Waals surface area contributed by atoms with Crippen LogP contribution in [0.25, 0.3) is 0 Å². The van der Waals surface area contributed by atoms with E-state index < -0.39 is 5.41 Å². The molecule has 7 heteroatoms. The number of carbonyl (C=O) groups is 2. The number of nitrogens with zero attached hydrogens (tertiary/aromatic N) is 1. The molecule has 1 heterocycles. The molecule has 0 atom stereocenters. The SMILES string of the molecule is CC(C)(C)C(=O)NCCNc1ccc(C(=O)Nc2cccc(Cl)c2)cn1. The van der Waals surface area contributed by atoms with Gasteiger partial charge in [-0.15, -0.1) is 0 Å². The molecule has 26 heavy (non-hydrogen) atoms. The maximum atomic E-state index is 12.2. The Morgan fingerprint density at radius 3 is 2.50 bits per heavy atom. The lowest BCUT2D eigenvalue weighted by atomic mass is 9.96. The highest BCUT2D eigenvalue weighted by atomic mass is 35.5. The third kappa shape index (κ3) is 6.04. The van der Waals surface area contributed by atoms with Gasteiger partial charge in [-0.2, -0.15) is 0 Å². The van der Waals surface area contributed by atoms with Crippen molar-refractivity contribution >= 4 is 34.9 Å². The second-order valence-electron chi connectivity index (χ2n) is 6.83. The molecule has 138 valence electrons. The van der Waals surface area contributed by atoms with Crippen LogP contribution in [0.5, 0.6) is 0 Å². The highest BCUT2D eigenvalue weighted by Crippen LogP contribution is 2.16. The Balaban J connectivity index is 1.82. The van der Waals surface area contributed by atoms with E-state index in [0.29, 0.717) is 35.2 Å². The highest BCUT2D eigenvalue weighted by Gasteiger charge is 2.20. The fraction of sp³-hybridized carbons (Fsp3) is 0.316. The number of aromatic nitrogens is 1. The number of benzene rings is 1. The molecule has 0 unspecified atom stereocenters. The minimum absolute atomic E-state index is 0.000272. The summed E-state index contributed by atoms with van der Waals surface area (Å²) in [6.45, 7) is 6.64. The minimum atomic E-state index is -0.407. The van der Waals surface area contributed by atoms with Gasteiger partial charge in [-0.1, -0.05) is 38.4 Å². The third-order valence-corrected chi connectivity index (χ3v) is 3.74. The molecule has 1 aromatic heterocycles. The molecule has 0 saturated carbocycles. The monoisotopic (exact) mass is 374 g/mol. The Morgan fingerprint density at radius 2 is 1.88 bits per heavy atom. The van der Waals surface area contributed by atoms with Gasteiger partial charge in [0.1, 0.15) is 5.82 Å². The normalized spacial score (nSPS) is 10.9. The van der Waals surface area contributed by atoms with Crippen molar-refractivity contribution in [2.45, 2.75) is 20.8 Å². The molecular weight excluding hydrogens is 352 g/mol. The molecule has 1 aromatic carbocycles. The number of nitrogens with one attached hydrogen (secondary N) is 3. The topological polar surface area (TPSA) is 83.1 Å². The number of hydrogen-bond donors (Lipinski definition) is 3. The van der Waals surface area contributed by atoms with Crippen LogP contribution in [-0.2, 0) is 4.79 Å². The maximum absolute atomic E-state index is 12.2. The van der Waals surface area contributed by atoms with Crippen LogP contribution in [-0.4, -0.2) is 29.9 Å². The van der Waals surface area contributed by atoms with Crippen LogP contribution in [0, 0.1) is 5.41 Å². The predicted molar refractivity (Wildman–Crippen MR) is 105 cm³/mol. The Kier molecular flexibility index (Phi) is 6.58. The van der Waals surface area contributed by atoms with Crippen LogP contribution < -0.4 is 16.0 Å². The largest absolute Gasteiger partial charge is 0.368 e. The fourth-order valence-electron chi connectivity index (χ4n) is 2.03. The van der Waals surface area contributed by atoms with Crippen LogP contribution in [0.4, 0.5) is 11.5 Å². The highest BCUT2D eigenvalue weighted by molar-refractivity contribution is 6.30. The standard InChI is InChI=1S/C19H23ClN4O2/c1-19(2,3)18(26)22-10-9-21-16-8-7-13(12-23-16)17(25)24-15-6-4-5-14(20)11-15/h4-8,11-12H,9-10H2,1-3H3,(H,21,23)(H,22,26)(H,24,25). The lowest BCUT2D eigenvalue weighted by Crippen LogP contribution is -2.37. The first-order valence-electron chi connectivity index (χ1n) is 8.31. The number of rotatable bonds is 6. The molecule has 0 saturated heterocycles. The fourth-order valence-corrected chi connectivity index (χ4v) is 2.22.